The van der Waals surface area contributed by atoms with E-state index in [9.17, 15) is 9.59 Å². The molecule has 6 heteroatoms. The van der Waals surface area contributed by atoms with E-state index < -0.39 is 18.0 Å². The van der Waals surface area contributed by atoms with E-state index in [1.54, 1.807) is 0 Å². The molecule has 1 heterocycles. The van der Waals surface area contributed by atoms with Gasteiger partial charge in [-0.05, 0) is 25.7 Å². The van der Waals surface area contributed by atoms with Crippen LogP contribution in [-0.2, 0) is 9.53 Å². The number of carboxylic acids is 1. The molecule has 1 aliphatic heterocycles. The first-order valence-corrected chi connectivity index (χ1v) is 6.87. The van der Waals surface area contributed by atoms with Crippen molar-refractivity contribution in [1.29, 1.82) is 0 Å². The maximum atomic E-state index is 11.8. The normalized spacial score (nSPS) is 23.4. The Hall–Kier alpha value is -1.30. The van der Waals surface area contributed by atoms with Crippen LogP contribution in [0.5, 0.6) is 0 Å². The summed E-state index contributed by atoms with van der Waals surface area (Å²) in [6, 6.07) is -1.42. The molecule has 3 N–H and O–H groups in total. The molecule has 4 unspecified atom stereocenters. The second-order valence-corrected chi connectivity index (χ2v) is 5.16. The van der Waals surface area contributed by atoms with Gasteiger partial charge in [0, 0.05) is 6.61 Å². The Balaban J connectivity index is 2.45. The lowest BCUT2D eigenvalue weighted by Crippen LogP contribution is -2.52. The molecule has 1 rings (SSSR count). The van der Waals surface area contributed by atoms with Crippen LogP contribution in [0.3, 0.4) is 0 Å². The topological polar surface area (TPSA) is 87.7 Å². The molecule has 0 aliphatic carbocycles. The lowest BCUT2D eigenvalue weighted by Gasteiger charge is -2.24. The van der Waals surface area contributed by atoms with E-state index >= 15 is 0 Å². The van der Waals surface area contributed by atoms with Gasteiger partial charge in [-0.25, -0.2) is 9.59 Å². The van der Waals surface area contributed by atoms with Crippen LogP contribution in [0.1, 0.15) is 40.0 Å². The molecule has 0 aromatic heterocycles. The van der Waals surface area contributed by atoms with Gasteiger partial charge in [0.15, 0.2) is 0 Å². The molecule has 19 heavy (non-hydrogen) atoms. The van der Waals surface area contributed by atoms with Crippen LogP contribution in [0.25, 0.3) is 0 Å². The first-order chi connectivity index (χ1) is 8.95. The van der Waals surface area contributed by atoms with Gasteiger partial charge in [0.05, 0.1) is 12.1 Å². The van der Waals surface area contributed by atoms with Gasteiger partial charge < -0.3 is 20.5 Å². The minimum absolute atomic E-state index is 0.0256. The molecule has 1 saturated heterocycles. The van der Waals surface area contributed by atoms with Crippen molar-refractivity contribution in [2.45, 2.75) is 58.2 Å². The second-order valence-electron chi connectivity index (χ2n) is 5.16. The Bertz CT molecular complexity index is 316. The fourth-order valence-electron chi connectivity index (χ4n) is 2.16. The molecule has 4 atom stereocenters. The molecule has 0 aromatic carbocycles. The molecular formula is C13H24N2O4. The van der Waals surface area contributed by atoms with E-state index in [4.69, 9.17) is 9.84 Å². The minimum Gasteiger partial charge on any atom is -0.480 e. The van der Waals surface area contributed by atoms with E-state index in [-0.39, 0.29) is 18.1 Å². The van der Waals surface area contributed by atoms with Gasteiger partial charge in [0.25, 0.3) is 0 Å². The Morgan fingerprint density at radius 3 is 2.53 bits per heavy atom. The van der Waals surface area contributed by atoms with E-state index in [1.807, 2.05) is 20.8 Å². The maximum Gasteiger partial charge on any atom is 0.326 e. The lowest BCUT2D eigenvalue weighted by molar-refractivity contribution is -0.140. The number of carbonyl (C=O) groups is 2. The highest BCUT2D eigenvalue weighted by atomic mass is 16.5. The van der Waals surface area contributed by atoms with Crippen LogP contribution in [0, 0.1) is 5.92 Å². The van der Waals surface area contributed by atoms with Gasteiger partial charge >= 0.3 is 12.0 Å². The number of amides is 2. The fourth-order valence-corrected chi connectivity index (χ4v) is 2.16. The largest absolute Gasteiger partial charge is 0.480 e. The van der Waals surface area contributed by atoms with Crippen molar-refractivity contribution in [3.8, 4) is 0 Å². The first-order valence-electron chi connectivity index (χ1n) is 6.87. The molecule has 2 amide bonds. The predicted octanol–water partition coefficient (Wildman–Crippen LogP) is 1.35. The quantitative estimate of drug-likeness (QED) is 0.681. The monoisotopic (exact) mass is 272 g/mol. The standard InChI is InChI=1S/C13H24N2O4/c1-4-8(2)11(12(16)17)15-13(18)14-9(3)10-6-5-7-19-10/h8-11H,4-7H2,1-3H3,(H,16,17)(H2,14,15,18). The summed E-state index contributed by atoms with van der Waals surface area (Å²) >= 11 is 0. The van der Waals surface area contributed by atoms with Crippen molar-refractivity contribution in [3.63, 3.8) is 0 Å². The smallest absolute Gasteiger partial charge is 0.326 e. The summed E-state index contributed by atoms with van der Waals surface area (Å²) in [4.78, 5) is 22.9. The molecule has 6 nitrogen and oxygen atoms in total. The number of nitrogens with one attached hydrogen (secondary N) is 2. The van der Waals surface area contributed by atoms with Crippen molar-refractivity contribution in [2.75, 3.05) is 6.61 Å². The molecule has 110 valence electrons. The third kappa shape index (κ3) is 4.70. The zero-order valence-electron chi connectivity index (χ0n) is 11.8. The molecule has 1 fully saturated rings. The van der Waals surface area contributed by atoms with E-state index in [2.05, 4.69) is 10.6 Å². The number of hydrogen-bond donors (Lipinski definition) is 3. The fraction of sp³-hybridized carbons (Fsp3) is 0.846. The summed E-state index contributed by atoms with van der Waals surface area (Å²) in [5.74, 6) is -1.12. The second kappa shape index (κ2) is 7.33. The van der Waals surface area contributed by atoms with Crippen molar-refractivity contribution in [3.05, 3.63) is 0 Å². The Kier molecular flexibility index (Phi) is 6.08. The number of carbonyl (C=O) groups excluding carboxylic acids is 1. The van der Waals surface area contributed by atoms with Crippen molar-refractivity contribution in [2.24, 2.45) is 5.92 Å². The van der Waals surface area contributed by atoms with Crippen LogP contribution in [0.15, 0.2) is 0 Å². The van der Waals surface area contributed by atoms with Gasteiger partial charge in [-0.3, -0.25) is 0 Å². The first kappa shape index (κ1) is 15.8. The maximum absolute atomic E-state index is 11.8. The highest BCUT2D eigenvalue weighted by molar-refractivity contribution is 5.82. The molecule has 1 aliphatic rings. The zero-order valence-corrected chi connectivity index (χ0v) is 11.8. The number of aliphatic carboxylic acids is 1. The van der Waals surface area contributed by atoms with Crippen LogP contribution < -0.4 is 10.6 Å². The van der Waals surface area contributed by atoms with Crippen LogP contribution in [0.4, 0.5) is 4.79 Å². The van der Waals surface area contributed by atoms with Crippen molar-refractivity contribution in [1.82, 2.24) is 10.6 Å². The Morgan fingerprint density at radius 2 is 2.05 bits per heavy atom. The van der Waals surface area contributed by atoms with Crippen LogP contribution in [-0.4, -0.2) is 41.9 Å². The average molecular weight is 272 g/mol. The minimum atomic E-state index is -1.01. The average Bonchev–Trinajstić information content (AvgIpc) is 2.88. The molecule has 0 radical (unpaired) electrons. The highest BCUT2D eigenvalue weighted by Crippen LogP contribution is 2.15. The summed E-state index contributed by atoms with van der Waals surface area (Å²) in [6.07, 6.45) is 2.65. The van der Waals surface area contributed by atoms with E-state index in [0.717, 1.165) is 19.4 Å². The summed E-state index contributed by atoms with van der Waals surface area (Å²) in [6.45, 7) is 6.30. The Labute approximate surface area is 113 Å². The SMILES string of the molecule is CCC(C)C(NC(=O)NC(C)C1CCCO1)C(=O)O. The number of carboxylic acid groups (broad SMARTS) is 1. The summed E-state index contributed by atoms with van der Waals surface area (Å²) < 4.78 is 5.48. The number of rotatable bonds is 6. The number of ether oxygens (including phenoxy) is 1. The lowest BCUT2D eigenvalue weighted by atomic mass is 9.99. The molecule has 0 spiro atoms. The molecule has 0 bridgehead atoms. The molecule has 0 aromatic rings. The summed E-state index contributed by atoms with van der Waals surface area (Å²) in [5.41, 5.74) is 0. The Morgan fingerprint density at radius 1 is 1.37 bits per heavy atom. The molecular weight excluding hydrogens is 248 g/mol. The van der Waals surface area contributed by atoms with E-state index in [1.165, 1.54) is 0 Å². The summed E-state index contributed by atoms with van der Waals surface area (Å²) in [7, 11) is 0. The van der Waals surface area contributed by atoms with Crippen LogP contribution >= 0.6 is 0 Å². The van der Waals surface area contributed by atoms with Gasteiger partial charge in [-0.1, -0.05) is 20.3 Å². The number of hydrogen-bond acceptors (Lipinski definition) is 3. The van der Waals surface area contributed by atoms with Crippen molar-refractivity contribution < 1.29 is 19.4 Å². The zero-order chi connectivity index (χ0) is 14.4. The van der Waals surface area contributed by atoms with Gasteiger partial charge in [-0.2, -0.15) is 0 Å². The van der Waals surface area contributed by atoms with Gasteiger partial charge in [-0.15, -0.1) is 0 Å². The van der Waals surface area contributed by atoms with Crippen molar-refractivity contribution >= 4 is 12.0 Å². The summed E-state index contributed by atoms with van der Waals surface area (Å²) in [5, 5.41) is 14.4. The van der Waals surface area contributed by atoms with Crippen LogP contribution in [0.2, 0.25) is 0 Å². The van der Waals surface area contributed by atoms with Gasteiger partial charge in [0.1, 0.15) is 6.04 Å². The molecule has 0 saturated carbocycles. The third-order valence-electron chi connectivity index (χ3n) is 3.65. The van der Waals surface area contributed by atoms with E-state index in [0.29, 0.717) is 6.42 Å². The number of urea groups is 1. The predicted molar refractivity (Wildman–Crippen MR) is 71.0 cm³/mol. The van der Waals surface area contributed by atoms with Gasteiger partial charge in [0.2, 0.25) is 0 Å². The highest BCUT2D eigenvalue weighted by Gasteiger charge is 2.28. The third-order valence-corrected chi connectivity index (χ3v) is 3.65.